The summed E-state index contributed by atoms with van der Waals surface area (Å²) in [6.45, 7) is 1.18. The third-order valence-corrected chi connectivity index (χ3v) is 4.80. The van der Waals surface area contributed by atoms with Gasteiger partial charge in [-0.15, -0.1) is 0 Å². The van der Waals surface area contributed by atoms with Crippen molar-refractivity contribution in [3.05, 3.63) is 35.9 Å². The van der Waals surface area contributed by atoms with Crippen LogP contribution in [0.3, 0.4) is 0 Å². The summed E-state index contributed by atoms with van der Waals surface area (Å²) < 4.78 is 36.2. The molecule has 0 amide bonds. The van der Waals surface area contributed by atoms with Gasteiger partial charge < -0.3 is 10.1 Å². The predicted octanol–water partition coefficient (Wildman–Crippen LogP) is 2.38. The highest BCUT2D eigenvalue weighted by Gasteiger charge is 2.25. The van der Waals surface area contributed by atoms with Crippen molar-refractivity contribution in [2.75, 3.05) is 12.3 Å². The topological polar surface area (TPSA) is 75.6 Å². The second-order valence-electron chi connectivity index (χ2n) is 5.82. The van der Waals surface area contributed by atoms with E-state index >= 15 is 0 Å². The van der Waals surface area contributed by atoms with Gasteiger partial charge in [0.1, 0.15) is 0 Å². The summed E-state index contributed by atoms with van der Waals surface area (Å²) in [7, 11) is -3.86. The Kier molecular flexibility index (Phi) is 6.82. The average molecular weight is 327 g/mol. The van der Waals surface area contributed by atoms with Gasteiger partial charge in [0, 0.05) is 6.04 Å². The lowest BCUT2D eigenvalue weighted by atomic mass is 9.92. The summed E-state index contributed by atoms with van der Waals surface area (Å²) in [4.78, 5) is 0. The van der Waals surface area contributed by atoms with Crippen LogP contribution in [0.4, 0.5) is 0 Å². The molecule has 1 aliphatic rings. The van der Waals surface area contributed by atoms with E-state index in [1.807, 2.05) is 18.2 Å². The Hall–Kier alpha value is -0.950. The van der Waals surface area contributed by atoms with Crippen LogP contribution >= 0.6 is 0 Å². The normalized spacial score (nSPS) is 22.6. The van der Waals surface area contributed by atoms with Crippen LogP contribution in [0.2, 0.25) is 0 Å². The Morgan fingerprint density at radius 3 is 2.64 bits per heavy atom. The molecule has 0 saturated heterocycles. The fourth-order valence-electron chi connectivity index (χ4n) is 2.85. The maximum absolute atomic E-state index is 10.7. The zero-order valence-electron chi connectivity index (χ0n) is 12.8. The van der Waals surface area contributed by atoms with Crippen molar-refractivity contribution in [1.29, 1.82) is 0 Å². The van der Waals surface area contributed by atoms with Crippen molar-refractivity contribution < 1.29 is 17.7 Å². The molecule has 2 rings (SSSR count). The highest BCUT2D eigenvalue weighted by Crippen LogP contribution is 2.22. The lowest BCUT2D eigenvalue weighted by Gasteiger charge is -2.32. The van der Waals surface area contributed by atoms with Crippen molar-refractivity contribution in [1.82, 2.24) is 5.32 Å². The van der Waals surface area contributed by atoms with Crippen LogP contribution in [0, 0.1) is 0 Å². The van der Waals surface area contributed by atoms with Crippen LogP contribution in [0.1, 0.15) is 37.7 Å². The molecule has 124 valence electrons. The first kappa shape index (κ1) is 17.4. The summed E-state index contributed by atoms with van der Waals surface area (Å²) in [5, 5.41) is 3.38. The highest BCUT2D eigenvalue weighted by atomic mass is 32.2. The van der Waals surface area contributed by atoms with Gasteiger partial charge in [0.25, 0.3) is 10.1 Å². The molecule has 0 heterocycles. The minimum atomic E-state index is -3.86. The minimum absolute atomic E-state index is 0.166. The van der Waals surface area contributed by atoms with Crippen LogP contribution in [0.15, 0.2) is 30.3 Å². The van der Waals surface area contributed by atoms with Crippen LogP contribution < -0.4 is 5.32 Å². The first-order chi connectivity index (χ1) is 10.5. The zero-order chi connectivity index (χ0) is 15.8. The molecular formula is C16H25NO4S. The van der Waals surface area contributed by atoms with Crippen LogP contribution in [0.25, 0.3) is 0 Å². The smallest absolute Gasteiger partial charge is 0.264 e. The fourth-order valence-corrected chi connectivity index (χ4v) is 3.36. The Bertz CT molecular complexity index is 532. The molecule has 2 N–H and O–H groups in total. The van der Waals surface area contributed by atoms with E-state index in [0.717, 1.165) is 18.4 Å². The summed E-state index contributed by atoms with van der Waals surface area (Å²) in [5.41, 5.74) is 1.16. The Morgan fingerprint density at radius 2 is 1.91 bits per heavy atom. The third kappa shape index (κ3) is 6.44. The summed E-state index contributed by atoms with van der Waals surface area (Å²) >= 11 is 0. The van der Waals surface area contributed by atoms with Crippen molar-refractivity contribution in [3.63, 3.8) is 0 Å². The van der Waals surface area contributed by atoms with Crippen molar-refractivity contribution in [2.24, 2.45) is 0 Å². The van der Waals surface area contributed by atoms with Crippen LogP contribution in [-0.4, -0.2) is 37.4 Å². The maximum atomic E-state index is 10.7. The first-order valence-corrected chi connectivity index (χ1v) is 9.49. The van der Waals surface area contributed by atoms with Crippen molar-refractivity contribution in [2.45, 2.75) is 50.9 Å². The van der Waals surface area contributed by atoms with Crippen molar-refractivity contribution >= 4 is 10.1 Å². The van der Waals surface area contributed by atoms with Crippen LogP contribution in [-0.2, 0) is 21.5 Å². The second-order valence-corrected chi connectivity index (χ2v) is 7.39. The zero-order valence-corrected chi connectivity index (χ0v) is 13.6. The van der Waals surface area contributed by atoms with Gasteiger partial charge in [0.05, 0.1) is 18.5 Å². The van der Waals surface area contributed by atoms with Gasteiger partial charge in [-0.05, 0) is 31.4 Å². The maximum Gasteiger partial charge on any atom is 0.264 e. The summed E-state index contributed by atoms with van der Waals surface area (Å²) in [6.07, 6.45) is 5.00. The molecule has 6 heteroatoms. The molecule has 0 aliphatic heterocycles. The molecule has 0 aromatic heterocycles. The molecule has 22 heavy (non-hydrogen) atoms. The number of rotatable bonds is 8. The Morgan fingerprint density at radius 1 is 1.18 bits per heavy atom. The Balaban J connectivity index is 1.75. The standard InChI is InChI=1S/C16H25NO4S/c18-22(19,20)12-6-11-17-15-9-4-5-10-16(15)21-13-14-7-2-1-3-8-14/h1-3,7-8,15-17H,4-6,9-13H2,(H,18,19,20)/t15-,16-/m0/s1. The molecule has 2 atom stereocenters. The van der Waals surface area contributed by atoms with Gasteiger partial charge in [-0.1, -0.05) is 43.2 Å². The lowest BCUT2D eigenvalue weighted by molar-refractivity contribution is -0.00536. The number of ether oxygens (including phenoxy) is 1. The molecule has 0 radical (unpaired) electrons. The Labute approximate surface area is 132 Å². The summed E-state index contributed by atoms with van der Waals surface area (Å²) in [6, 6.07) is 10.4. The number of hydrogen-bond acceptors (Lipinski definition) is 4. The molecule has 1 aliphatic carbocycles. The highest BCUT2D eigenvalue weighted by molar-refractivity contribution is 7.85. The fraction of sp³-hybridized carbons (Fsp3) is 0.625. The van der Waals surface area contributed by atoms with E-state index in [9.17, 15) is 8.42 Å². The average Bonchev–Trinajstić information content (AvgIpc) is 2.50. The number of nitrogens with one attached hydrogen (secondary N) is 1. The molecular weight excluding hydrogens is 302 g/mol. The molecule has 0 bridgehead atoms. The van der Waals surface area contributed by atoms with Crippen molar-refractivity contribution in [3.8, 4) is 0 Å². The number of benzene rings is 1. The predicted molar refractivity (Wildman–Crippen MR) is 86.3 cm³/mol. The van der Waals surface area contributed by atoms with E-state index in [1.165, 1.54) is 12.8 Å². The van der Waals surface area contributed by atoms with Gasteiger partial charge in [-0.25, -0.2) is 0 Å². The van der Waals surface area contributed by atoms with E-state index in [0.29, 0.717) is 19.6 Å². The van der Waals surface area contributed by atoms with Gasteiger partial charge in [-0.2, -0.15) is 8.42 Å². The molecule has 0 unspecified atom stereocenters. The van der Waals surface area contributed by atoms with Gasteiger partial charge in [-0.3, -0.25) is 4.55 Å². The van der Waals surface area contributed by atoms with E-state index in [1.54, 1.807) is 0 Å². The summed E-state index contributed by atoms with van der Waals surface area (Å²) in [5.74, 6) is -0.192. The number of hydrogen-bond donors (Lipinski definition) is 2. The first-order valence-electron chi connectivity index (χ1n) is 7.89. The van der Waals surface area contributed by atoms with Gasteiger partial charge in [0.2, 0.25) is 0 Å². The molecule has 1 saturated carbocycles. The monoisotopic (exact) mass is 327 g/mol. The van der Waals surface area contributed by atoms with Gasteiger partial charge >= 0.3 is 0 Å². The quantitative estimate of drug-likeness (QED) is 0.566. The molecule has 1 fully saturated rings. The van der Waals surface area contributed by atoms with Crippen LogP contribution in [0.5, 0.6) is 0 Å². The SMILES string of the molecule is O=S(=O)(O)CCCN[C@H]1CCCC[C@@H]1OCc1ccccc1. The van der Waals surface area contributed by atoms with E-state index < -0.39 is 10.1 Å². The minimum Gasteiger partial charge on any atom is -0.372 e. The second kappa shape index (κ2) is 8.62. The van der Waals surface area contributed by atoms with Gasteiger partial charge in [0.15, 0.2) is 0 Å². The molecule has 5 nitrogen and oxygen atoms in total. The third-order valence-electron chi connectivity index (χ3n) is 4.00. The van der Waals surface area contributed by atoms with E-state index in [-0.39, 0.29) is 17.9 Å². The molecule has 1 aromatic rings. The largest absolute Gasteiger partial charge is 0.372 e. The molecule has 0 spiro atoms. The van der Waals surface area contributed by atoms with E-state index in [4.69, 9.17) is 9.29 Å². The van der Waals surface area contributed by atoms with E-state index in [2.05, 4.69) is 17.4 Å². The lowest BCUT2D eigenvalue weighted by Crippen LogP contribution is -2.44. The molecule has 1 aromatic carbocycles.